The van der Waals surface area contributed by atoms with Gasteiger partial charge in [0.2, 0.25) is 0 Å². The van der Waals surface area contributed by atoms with Crippen LogP contribution in [0.1, 0.15) is 43.9 Å². The van der Waals surface area contributed by atoms with E-state index in [1.165, 1.54) is 18.2 Å². The summed E-state index contributed by atoms with van der Waals surface area (Å²) < 4.78 is 5.48. The van der Waals surface area contributed by atoms with Gasteiger partial charge in [-0.2, -0.15) is 0 Å². The van der Waals surface area contributed by atoms with Crippen LogP contribution in [0.5, 0.6) is 0 Å². The second-order valence-electron chi connectivity index (χ2n) is 6.18. The Labute approximate surface area is 156 Å². The van der Waals surface area contributed by atoms with E-state index in [1.807, 2.05) is 0 Å². The van der Waals surface area contributed by atoms with Crippen molar-refractivity contribution in [3.63, 3.8) is 0 Å². The summed E-state index contributed by atoms with van der Waals surface area (Å²) >= 11 is 0. The van der Waals surface area contributed by atoms with E-state index in [4.69, 9.17) is 4.74 Å². The average Bonchev–Trinajstić information content (AvgIpc) is 3.20. The summed E-state index contributed by atoms with van der Waals surface area (Å²) in [4.78, 5) is 36.2. The number of amides is 2. The highest BCUT2D eigenvalue weighted by Crippen LogP contribution is 2.18. The minimum absolute atomic E-state index is 0.00523. The summed E-state index contributed by atoms with van der Waals surface area (Å²) in [6, 6.07) is 12.3. The van der Waals surface area contributed by atoms with Crippen molar-refractivity contribution >= 4 is 23.5 Å². The molecule has 0 spiro atoms. The molecular formula is C20H19N2O5-. The Kier molecular flexibility index (Phi) is 5.83. The molecule has 1 heterocycles. The fourth-order valence-corrected chi connectivity index (χ4v) is 2.95. The number of anilines is 1. The first-order valence-electron chi connectivity index (χ1n) is 8.67. The zero-order chi connectivity index (χ0) is 19.2. The number of hydrogen-bond acceptors (Lipinski definition) is 5. The molecule has 3 rings (SSSR count). The SMILES string of the molecule is O=C(NC[C@@H]1CCCO1)c1ccccc1NC(=O)c1ccccc1C(=O)[O-]. The van der Waals surface area contributed by atoms with E-state index in [1.54, 1.807) is 30.3 Å². The number of carbonyl (C=O) groups is 3. The lowest BCUT2D eigenvalue weighted by molar-refractivity contribution is -0.255. The number of para-hydroxylation sites is 1. The van der Waals surface area contributed by atoms with Crippen molar-refractivity contribution < 1.29 is 24.2 Å². The molecule has 0 radical (unpaired) electrons. The Morgan fingerprint density at radius 1 is 0.963 bits per heavy atom. The van der Waals surface area contributed by atoms with E-state index < -0.39 is 11.9 Å². The topological polar surface area (TPSA) is 108 Å². The van der Waals surface area contributed by atoms with E-state index in [9.17, 15) is 19.5 Å². The predicted octanol–water partition coefficient (Wildman–Crippen LogP) is 1.21. The Balaban J connectivity index is 1.75. The van der Waals surface area contributed by atoms with Gasteiger partial charge in [-0.3, -0.25) is 9.59 Å². The van der Waals surface area contributed by atoms with Gasteiger partial charge in [-0.25, -0.2) is 0 Å². The van der Waals surface area contributed by atoms with Crippen LogP contribution >= 0.6 is 0 Å². The lowest BCUT2D eigenvalue weighted by Crippen LogP contribution is -2.32. The molecule has 2 aromatic carbocycles. The van der Waals surface area contributed by atoms with Gasteiger partial charge in [-0.15, -0.1) is 0 Å². The molecule has 1 saturated heterocycles. The molecule has 0 unspecified atom stereocenters. The maximum Gasteiger partial charge on any atom is 0.256 e. The van der Waals surface area contributed by atoms with Gasteiger partial charge < -0.3 is 25.3 Å². The first kappa shape index (κ1) is 18.6. The Hall–Kier alpha value is -3.19. The number of carbonyl (C=O) groups excluding carboxylic acids is 3. The molecule has 0 saturated carbocycles. The van der Waals surface area contributed by atoms with Crippen LogP contribution < -0.4 is 15.7 Å². The quantitative estimate of drug-likeness (QED) is 0.798. The minimum Gasteiger partial charge on any atom is -0.545 e. The highest BCUT2D eigenvalue weighted by atomic mass is 16.5. The fraction of sp³-hybridized carbons (Fsp3) is 0.250. The molecule has 0 aliphatic carbocycles. The summed E-state index contributed by atoms with van der Waals surface area (Å²) in [7, 11) is 0. The van der Waals surface area contributed by atoms with Crippen LogP contribution in [0, 0.1) is 0 Å². The molecule has 1 atom stereocenters. The summed E-state index contributed by atoms with van der Waals surface area (Å²) in [5, 5.41) is 16.6. The van der Waals surface area contributed by atoms with Crippen LogP contribution in [0.3, 0.4) is 0 Å². The number of carboxylic acid groups (broad SMARTS) is 1. The van der Waals surface area contributed by atoms with Gasteiger partial charge in [-0.05, 0) is 31.0 Å². The van der Waals surface area contributed by atoms with E-state index in [0.717, 1.165) is 12.8 Å². The van der Waals surface area contributed by atoms with Crippen LogP contribution in [0.25, 0.3) is 0 Å². The molecule has 0 bridgehead atoms. The third-order valence-electron chi connectivity index (χ3n) is 4.33. The largest absolute Gasteiger partial charge is 0.545 e. The number of hydrogen-bond donors (Lipinski definition) is 2. The van der Waals surface area contributed by atoms with Gasteiger partial charge in [0.05, 0.1) is 23.3 Å². The van der Waals surface area contributed by atoms with Crippen LogP contribution in [-0.4, -0.2) is 37.0 Å². The molecule has 7 nitrogen and oxygen atoms in total. The van der Waals surface area contributed by atoms with Gasteiger partial charge in [-0.1, -0.05) is 30.3 Å². The zero-order valence-corrected chi connectivity index (χ0v) is 14.6. The van der Waals surface area contributed by atoms with Crippen LogP contribution in [0.15, 0.2) is 48.5 Å². The van der Waals surface area contributed by atoms with Gasteiger partial charge in [0.1, 0.15) is 0 Å². The van der Waals surface area contributed by atoms with Gasteiger partial charge in [0.15, 0.2) is 0 Å². The summed E-state index contributed by atoms with van der Waals surface area (Å²) in [6.45, 7) is 1.10. The lowest BCUT2D eigenvalue weighted by atomic mass is 10.1. The fourth-order valence-electron chi connectivity index (χ4n) is 2.95. The third-order valence-corrected chi connectivity index (χ3v) is 4.33. The van der Waals surface area contributed by atoms with Crippen LogP contribution in [0.2, 0.25) is 0 Å². The number of nitrogens with one attached hydrogen (secondary N) is 2. The van der Waals surface area contributed by atoms with Crippen LogP contribution in [0.4, 0.5) is 5.69 Å². The van der Waals surface area contributed by atoms with Crippen molar-refractivity contribution in [3.8, 4) is 0 Å². The summed E-state index contributed by atoms with van der Waals surface area (Å²) in [5.74, 6) is -2.41. The number of carboxylic acids is 1. The number of benzene rings is 2. The van der Waals surface area contributed by atoms with Crippen molar-refractivity contribution in [1.82, 2.24) is 5.32 Å². The first-order chi connectivity index (χ1) is 13.1. The average molecular weight is 367 g/mol. The predicted molar refractivity (Wildman–Crippen MR) is 96.5 cm³/mol. The minimum atomic E-state index is -1.44. The monoisotopic (exact) mass is 367 g/mol. The van der Waals surface area contributed by atoms with Gasteiger partial charge in [0.25, 0.3) is 11.8 Å². The second-order valence-corrected chi connectivity index (χ2v) is 6.18. The second kappa shape index (κ2) is 8.46. The van der Waals surface area contributed by atoms with Crippen molar-refractivity contribution in [2.24, 2.45) is 0 Å². The van der Waals surface area contributed by atoms with E-state index in [-0.39, 0.29) is 28.7 Å². The zero-order valence-electron chi connectivity index (χ0n) is 14.6. The summed E-state index contributed by atoms with van der Waals surface area (Å²) in [6.07, 6.45) is 1.88. The maximum atomic E-state index is 12.5. The van der Waals surface area contributed by atoms with Gasteiger partial charge in [0, 0.05) is 24.3 Å². The number of aromatic carboxylic acids is 1. The summed E-state index contributed by atoms with van der Waals surface area (Å²) in [5.41, 5.74) is 0.331. The van der Waals surface area contributed by atoms with E-state index in [2.05, 4.69) is 10.6 Å². The molecule has 2 aromatic rings. The Morgan fingerprint density at radius 3 is 2.30 bits per heavy atom. The molecule has 0 aromatic heterocycles. The molecule has 7 heteroatoms. The lowest BCUT2D eigenvalue weighted by Gasteiger charge is -2.15. The molecule has 1 aliphatic heterocycles. The van der Waals surface area contributed by atoms with Gasteiger partial charge >= 0.3 is 0 Å². The van der Waals surface area contributed by atoms with Crippen LogP contribution in [-0.2, 0) is 4.74 Å². The molecule has 140 valence electrons. The highest BCUT2D eigenvalue weighted by molar-refractivity contribution is 6.12. The molecule has 27 heavy (non-hydrogen) atoms. The molecule has 2 amide bonds. The maximum absolute atomic E-state index is 12.5. The number of rotatable bonds is 6. The normalized spacial score (nSPS) is 15.9. The molecule has 1 aliphatic rings. The Morgan fingerprint density at radius 2 is 1.63 bits per heavy atom. The highest BCUT2D eigenvalue weighted by Gasteiger charge is 2.19. The van der Waals surface area contributed by atoms with E-state index >= 15 is 0 Å². The van der Waals surface area contributed by atoms with Crippen molar-refractivity contribution in [1.29, 1.82) is 0 Å². The Bertz CT molecular complexity index is 859. The van der Waals surface area contributed by atoms with Crippen molar-refractivity contribution in [3.05, 3.63) is 65.2 Å². The number of ether oxygens (including phenoxy) is 1. The smallest absolute Gasteiger partial charge is 0.256 e. The third kappa shape index (κ3) is 4.51. The first-order valence-corrected chi connectivity index (χ1v) is 8.67. The molecule has 2 N–H and O–H groups in total. The van der Waals surface area contributed by atoms with E-state index in [0.29, 0.717) is 18.8 Å². The van der Waals surface area contributed by atoms with Crippen molar-refractivity contribution in [2.45, 2.75) is 18.9 Å². The van der Waals surface area contributed by atoms with Crippen molar-refractivity contribution in [2.75, 3.05) is 18.5 Å². The molecular weight excluding hydrogens is 348 g/mol. The standard InChI is InChI=1S/C20H20N2O5/c23-18(21-12-13-6-5-11-27-13)16-9-3-4-10-17(16)22-19(24)14-7-1-2-8-15(14)20(25)26/h1-4,7-10,13H,5-6,11-12H2,(H,21,23)(H,22,24)(H,25,26)/p-1/t13-/m0/s1. The molecule has 1 fully saturated rings.